The van der Waals surface area contributed by atoms with E-state index in [-0.39, 0.29) is 17.8 Å². The van der Waals surface area contributed by atoms with Gasteiger partial charge < -0.3 is 10.2 Å². The highest BCUT2D eigenvalue weighted by molar-refractivity contribution is 5.67. The van der Waals surface area contributed by atoms with Crippen LogP contribution in [0.2, 0.25) is 0 Å². The number of rotatable bonds is 2. The van der Waals surface area contributed by atoms with Gasteiger partial charge in [0, 0.05) is 6.42 Å². The van der Waals surface area contributed by atoms with Gasteiger partial charge in [-0.1, -0.05) is 18.9 Å². The van der Waals surface area contributed by atoms with E-state index in [9.17, 15) is 9.90 Å². The number of carboxylic acid groups (broad SMARTS) is 1. The molecule has 1 atom stereocenters. The van der Waals surface area contributed by atoms with Crippen LogP contribution in [-0.4, -0.2) is 16.2 Å². The van der Waals surface area contributed by atoms with E-state index in [1.165, 1.54) is 24.0 Å². The number of aromatic hydroxyl groups is 1. The van der Waals surface area contributed by atoms with Crippen molar-refractivity contribution in [3.8, 4) is 5.75 Å². The average molecular weight is 260 g/mol. The summed E-state index contributed by atoms with van der Waals surface area (Å²) >= 11 is 0. The average Bonchev–Trinajstić information content (AvgIpc) is 2.83. The topological polar surface area (TPSA) is 57.5 Å². The van der Waals surface area contributed by atoms with Crippen LogP contribution in [-0.2, 0) is 16.6 Å². The van der Waals surface area contributed by atoms with E-state index in [4.69, 9.17) is 5.11 Å². The number of phenols is 1. The fraction of sp³-hybridized carbons (Fsp3) is 0.562. The maximum Gasteiger partial charge on any atom is 0.303 e. The highest BCUT2D eigenvalue weighted by Gasteiger charge is 2.46. The third kappa shape index (κ3) is 2.01. The number of benzene rings is 1. The molecule has 1 fully saturated rings. The van der Waals surface area contributed by atoms with Crippen molar-refractivity contribution in [2.75, 3.05) is 0 Å². The zero-order chi connectivity index (χ0) is 13.5. The monoisotopic (exact) mass is 260 g/mol. The number of aliphatic carboxylic acids is 1. The second-order valence-corrected chi connectivity index (χ2v) is 6.04. The Kier molecular flexibility index (Phi) is 3.00. The van der Waals surface area contributed by atoms with Crippen molar-refractivity contribution >= 4 is 5.97 Å². The van der Waals surface area contributed by atoms with Crippen LogP contribution in [0.15, 0.2) is 18.2 Å². The van der Waals surface area contributed by atoms with Crippen molar-refractivity contribution in [2.45, 2.75) is 50.4 Å². The Hall–Kier alpha value is -1.51. The van der Waals surface area contributed by atoms with Gasteiger partial charge >= 0.3 is 5.97 Å². The number of hydrogen-bond donors (Lipinski definition) is 2. The molecule has 0 aromatic heterocycles. The van der Waals surface area contributed by atoms with Gasteiger partial charge in [0.15, 0.2) is 0 Å². The smallest absolute Gasteiger partial charge is 0.303 e. The van der Waals surface area contributed by atoms with Crippen molar-refractivity contribution in [1.29, 1.82) is 0 Å². The molecule has 3 rings (SSSR count). The van der Waals surface area contributed by atoms with E-state index in [1.54, 1.807) is 6.07 Å². The summed E-state index contributed by atoms with van der Waals surface area (Å²) in [6, 6.07) is 5.65. The molecule has 1 unspecified atom stereocenters. The second-order valence-electron chi connectivity index (χ2n) is 6.04. The molecule has 2 N–H and O–H groups in total. The Morgan fingerprint density at radius 3 is 2.74 bits per heavy atom. The number of aryl methyl sites for hydroxylation is 1. The van der Waals surface area contributed by atoms with E-state index in [2.05, 4.69) is 0 Å². The molecule has 0 amide bonds. The van der Waals surface area contributed by atoms with Gasteiger partial charge in [0.05, 0.1) is 0 Å². The minimum absolute atomic E-state index is 0.0552. The second kappa shape index (κ2) is 4.55. The lowest BCUT2D eigenvalue weighted by molar-refractivity contribution is -0.139. The molecule has 1 aromatic rings. The first-order valence-electron chi connectivity index (χ1n) is 7.16. The number of hydrogen-bond acceptors (Lipinski definition) is 2. The Labute approximate surface area is 113 Å². The van der Waals surface area contributed by atoms with E-state index in [0.29, 0.717) is 5.75 Å². The molecule has 0 saturated heterocycles. The zero-order valence-corrected chi connectivity index (χ0v) is 11.1. The molecule has 0 bridgehead atoms. The van der Waals surface area contributed by atoms with Crippen LogP contribution < -0.4 is 0 Å². The van der Waals surface area contributed by atoms with Crippen molar-refractivity contribution in [3.05, 3.63) is 29.3 Å². The Bertz CT molecular complexity index is 501. The third-order valence-corrected chi connectivity index (χ3v) is 5.09. The quantitative estimate of drug-likeness (QED) is 0.858. The number of carbonyl (C=O) groups is 1. The minimum atomic E-state index is -0.682. The van der Waals surface area contributed by atoms with Crippen LogP contribution in [0.3, 0.4) is 0 Å². The molecule has 1 aromatic carbocycles. The molecule has 3 heteroatoms. The van der Waals surface area contributed by atoms with Crippen molar-refractivity contribution in [1.82, 2.24) is 0 Å². The van der Waals surface area contributed by atoms with Crippen molar-refractivity contribution < 1.29 is 15.0 Å². The van der Waals surface area contributed by atoms with Gasteiger partial charge in [-0.05, 0) is 60.3 Å². The van der Waals surface area contributed by atoms with Crippen LogP contribution in [0.5, 0.6) is 5.75 Å². The predicted octanol–water partition coefficient (Wildman–Crippen LogP) is 3.24. The molecular formula is C16H20O3. The van der Waals surface area contributed by atoms with Gasteiger partial charge in [0.1, 0.15) is 5.75 Å². The van der Waals surface area contributed by atoms with Gasteiger partial charge in [0.2, 0.25) is 0 Å². The Balaban J connectivity index is 2.04. The molecule has 0 radical (unpaired) electrons. The fourth-order valence-corrected chi connectivity index (χ4v) is 4.29. The van der Waals surface area contributed by atoms with Gasteiger partial charge in [-0.2, -0.15) is 0 Å². The molecule has 19 heavy (non-hydrogen) atoms. The first kappa shape index (κ1) is 12.5. The molecule has 1 spiro atoms. The third-order valence-electron chi connectivity index (χ3n) is 5.09. The maximum absolute atomic E-state index is 11.1. The van der Waals surface area contributed by atoms with Gasteiger partial charge in [0.25, 0.3) is 0 Å². The maximum atomic E-state index is 11.1. The standard InChI is InChI=1S/C16H20O3/c17-13-5-6-14-11(9-13)3-4-12(10-15(18)19)16(14)7-1-2-8-16/h5-6,9,12,17H,1-4,7-8,10H2,(H,18,19). The highest BCUT2D eigenvalue weighted by Crippen LogP contribution is 2.53. The van der Waals surface area contributed by atoms with Crippen molar-refractivity contribution in [2.24, 2.45) is 5.92 Å². The van der Waals surface area contributed by atoms with Gasteiger partial charge in [-0.15, -0.1) is 0 Å². The van der Waals surface area contributed by atoms with E-state index >= 15 is 0 Å². The highest BCUT2D eigenvalue weighted by atomic mass is 16.4. The summed E-state index contributed by atoms with van der Waals surface area (Å²) < 4.78 is 0. The number of fused-ring (bicyclic) bond motifs is 2. The van der Waals surface area contributed by atoms with E-state index < -0.39 is 5.97 Å². The molecule has 3 nitrogen and oxygen atoms in total. The lowest BCUT2D eigenvalue weighted by Gasteiger charge is -2.43. The van der Waals surface area contributed by atoms with Crippen LogP contribution in [0.4, 0.5) is 0 Å². The van der Waals surface area contributed by atoms with Crippen LogP contribution in [0.1, 0.15) is 49.7 Å². The Morgan fingerprint density at radius 2 is 2.05 bits per heavy atom. The predicted molar refractivity (Wildman–Crippen MR) is 72.3 cm³/mol. The summed E-state index contributed by atoms with van der Waals surface area (Å²) in [4.78, 5) is 11.1. The summed E-state index contributed by atoms with van der Waals surface area (Å²) in [7, 11) is 0. The summed E-state index contributed by atoms with van der Waals surface area (Å²) in [6.45, 7) is 0. The molecular weight excluding hydrogens is 240 g/mol. The number of phenolic OH excluding ortho intramolecular Hbond substituents is 1. The minimum Gasteiger partial charge on any atom is -0.508 e. The lowest BCUT2D eigenvalue weighted by atomic mass is 9.61. The summed E-state index contributed by atoms with van der Waals surface area (Å²) in [5.74, 6) is -0.105. The van der Waals surface area contributed by atoms with Gasteiger partial charge in [-0.25, -0.2) is 0 Å². The first-order valence-corrected chi connectivity index (χ1v) is 7.16. The van der Waals surface area contributed by atoms with Crippen LogP contribution >= 0.6 is 0 Å². The molecule has 2 aliphatic rings. The lowest BCUT2D eigenvalue weighted by Crippen LogP contribution is -2.38. The van der Waals surface area contributed by atoms with Crippen molar-refractivity contribution in [3.63, 3.8) is 0 Å². The van der Waals surface area contributed by atoms with Crippen LogP contribution in [0, 0.1) is 5.92 Å². The summed E-state index contributed by atoms with van der Waals surface area (Å²) in [6.07, 6.45) is 6.69. The molecule has 1 saturated carbocycles. The fourth-order valence-electron chi connectivity index (χ4n) is 4.29. The van der Waals surface area contributed by atoms with Gasteiger partial charge in [-0.3, -0.25) is 4.79 Å². The normalized spacial score (nSPS) is 24.3. The Morgan fingerprint density at radius 1 is 1.32 bits per heavy atom. The zero-order valence-electron chi connectivity index (χ0n) is 11.1. The molecule has 102 valence electrons. The SMILES string of the molecule is O=C(O)CC1CCc2cc(O)ccc2C12CCCC2. The summed E-state index contributed by atoms with van der Waals surface area (Å²) in [5.41, 5.74) is 2.59. The molecule has 0 aliphatic heterocycles. The van der Waals surface area contributed by atoms with E-state index in [1.807, 2.05) is 12.1 Å². The molecule has 0 heterocycles. The molecule has 2 aliphatic carbocycles. The first-order chi connectivity index (χ1) is 9.12. The number of carboxylic acids is 1. The largest absolute Gasteiger partial charge is 0.508 e. The summed E-state index contributed by atoms with van der Waals surface area (Å²) in [5, 5.41) is 18.8. The van der Waals surface area contributed by atoms with E-state index in [0.717, 1.165) is 25.7 Å². The van der Waals surface area contributed by atoms with Crippen LogP contribution in [0.25, 0.3) is 0 Å².